The SMILES string of the molecule is Cc1ccc2nc(C)c(C)c(C(=O)NCCCn3ccnc3C)c2c1. The van der Waals surface area contributed by atoms with Crippen LogP contribution in [0.25, 0.3) is 10.9 Å². The Balaban J connectivity index is 1.76. The third-order valence-electron chi connectivity index (χ3n) is 4.64. The summed E-state index contributed by atoms with van der Waals surface area (Å²) < 4.78 is 2.09. The fourth-order valence-electron chi connectivity index (χ4n) is 3.07. The molecule has 0 saturated carbocycles. The van der Waals surface area contributed by atoms with Gasteiger partial charge in [0.25, 0.3) is 5.91 Å². The molecular weight excluding hydrogens is 312 g/mol. The normalized spacial score (nSPS) is 11.0. The number of carbonyl (C=O) groups excluding carboxylic acids is 1. The fourth-order valence-corrected chi connectivity index (χ4v) is 3.07. The number of nitrogens with zero attached hydrogens (tertiary/aromatic N) is 3. The van der Waals surface area contributed by atoms with Crippen LogP contribution in [0.5, 0.6) is 0 Å². The molecule has 0 aliphatic rings. The van der Waals surface area contributed by atoms with E-state index in [0.29, 0.717) is 6.54 Å². The first-order valence-corrected chi connectivity index (χ1v) is 8.61. The van der Waals surface area contributed by atoms with Gasteiger partial charge in [-0.1, -0.05) is 11.6 Å². The third-order valence-corrected chi connectivity index (χ3v) is 4.64. The number of carbonyl (C=O) groups is 1. The summed E-state index contributed by atoms with van der Waals surface area (Å²) in [6.07, 6.45) is 4.62. The summed E-state index contributed by atoms with van der Waals surface area (Å²) in [5.74, 6) is 0.967. The molecule has 1 amide bonds. The maximum Gasteiger partial charge on any atom is 0.252 e. The molecule has 2 heterocycles. The third kappa shape index (κ3) is 3.55. The van der Waals surface area contributed by atoms with E-state index in [2.05, 4.69) is 19.9 Å². The van der Waals surface area contributed by atoms with Gasteiger partial charge in [0.2, 0.25) is 0 Å². The largest absolute Gasteiger partial charge is 0.352 e. The molecule has 5 heteroatoms. The highest BCUT2D eigenvalue weighted by Gasteiger charge is 2.16. The quantitative estimate of drug-likeness (QED) is 0.726. The predicted molar refractivity (Wildman–Crippen MR) is 99.9 cm³/mol. The minimum Gasteiger partial charge on any atom is -0.352 e. The van der Waals surface area contributed by atoms with Crippen molar-refractivity contribution in [3.8, 4) is 0 Å². The van der Waals surface area contributed by atoms with E-state index >= 15 is 0 Å². The Morgan fingerprint density at radius 2 is 2.00 bits per heavy atom. The number of aryl methyl sites for hydroxylation is 4. The zero-order chi connectivity index (χ0) is 18.0. The molecule has 2 aromatic heterocycles. The zero-order valence-electron chi connectivity index (χ0n) is 15.3. The summed E-state index contributed by atoms with van der Waals surface area (Å²) in [5, 5.41) is 3.98. The van der Waals surface area contributed by atoms with Crippen LogP contribution in [0.1, 0.15) is 39.4 Å². The van der Waals surface area contributed by atoms with Gasteiger partial charge in [-0.05, 0) is 51.8 Å². The number of benzene rings is 1. The smallest absolute Gasteiger partial charge is 0.252 e. The first-order valence-electron chi connectivity index (χ1n) is 8.61. The lowest BCUT2D eigenvalue weighted by molar-refractivity contribution is 0.0953. The van der Waals surface area contributed by atoms with Crippen molar-refractivity contribution >= 4 is 16.8 Å². The molecule has 25 heavy (non-hydrogen) atoms. The molecule has 0 unspecified atom stereocenters. The number of rotatable bonds is 5. The van der Waals surface area contributed by atoms with Crippen molar-refractivity contribution in [2.24, 2.45) is 0 Å². The molecule has 3 aromatic rings. The molecule has 5 nitrogen and oxygen atoms in total. The van der Waals surface area contributed by atoms with Gasteiger partial charge < -0.3 is 9.88 Å². The molecule has 0 radical (unpaired) electrons. The Morgan fingerprint density at radius 3 is 2.72 bits per heavy atom. The average molecular weight is 336 g/mol. The van der Waals surface area contributed by atoms with E-state index in [9.17, 15) is 4.79 Å². The summed E-state index contributed by atoms with van der Waals surface area (Å²) in [7, 11) is 0. The van der Waals surface area contributed by atoms with Crippen molar-refractivity contribution in [2.45, 2.75) is 40.7 Å². The first kappa shape index (κ1) is 17.1. The van der Waals surface area contributed by atoms with E-state index in [1.807, 2.05) is 52.1 Å². The average Bonchev–Trinajstić information content (AvgIpc) is 2.98. The number of aromatic nitrogens is 3. The van der Waals surface area contributed by atoms with Crippen LogP contribution in [0.2, 0.25) is 0 Å². The van der Waals surface area contributed by atoms with Gasteiger partial charge in [-0.15, -0.1) is 0 Å². The maximum absolute atomic E-state index is 12.8. The highest BCUT2D eigenvalue weighted by atomic mass is 16.1. The predicted octanol–water partition coefficient (Wildman–Crippen LogP) is 3.49. The molecule has 0 aliphatic heterocycles. The summed E-state index contributed by atoms with van der Waals surface area (Å²) in [5.41, 5.74) is 4.58. The van der Waals surface area contributed by atoms with Crippen LogP contribution in [0.3, 0.4) is 0 Å². The molecule has 1 N–H and O–H groups in total. The second-order valence-electron chi connectivity index (χ2n) is 6.50. The molecular formula is C20H24N4O. The number of imidazole rings is 1. The lowest BCUT2D eigenvalue weighted by Crippen LogP contribution is -2.26. The highest BCUT2D eigenvalue weighted by Crippen LogP contribution is 2.24. The number of nitrogens with one attached hydrogen (secondary N) is 1. The minimum absolute atomic E-state index is 0.0269. The standard InChI is InChI=1S/C20H24N4O/c1-13-6-7-18-17(12-13)19(14(2)15(3)23-18)20(25)22-8-5-10-24-11-9-21-16(24)4/h6-7,9,11-12H,5,8,10H2,1-4H3,(H,22,25). The van der Waals surface area contributed by atoms with Crippen LogP contribution < -0.4 is 5.32 Å². The Kier molecular flexibility index (Phi) is 4.83. The summed E-state index contributed by atoms with van der Waals surface area (Å²) in [6, 6.07) is 6.05. The molecule has 0 bridgehead atoms. The molecule has 0 aliphatic carbocycles. The lowest BCUT2D eigenvalue weighted by Gasteiger charge is -2.13. The summed E-state index contributed by atoms with van der Waals surface area (Å²) in [4.78, 5) is 21.6. The monoisotopic (exact) mass is 336 g/mol. The van der Waals surface area contributed by atoms with E-state index < -0.39 is 0 Å². The van der Waals surface area contributed by atoms with Gasteiger partial charge in [-0.25, -0.2) is 4.98 Å². The maximum atomic E-state index is 12.8. The molecule has 3 rings (SSSR count). The van der Waals surface area contributed by atoms with E-state index in [-0.39, 0.29) is 5.91 Å². The zero-order valence-corrected chi connectivity index (χ0v) is 15.3. The Hall–Kier alpha value is -2.69. The van der Waals surface area contributed by atoms with E-state index in [1.54, 1.807) is 6.20 Å². The van der Waals surface area contributed by atoms with Crippen molar-refractivity contribution in [2.75, 3.05) is 6.54 Å². The van der Waals surface area contributed by atoms with Gasteiger partial charge in [-0.2, -0.15) is 0 Å². The van der Waals surface area contributed by atoms with E-state index in [4.69, 9.17) is 0 Å². The second kappa shape index (κ2) is 7.05. The van der Waals surface area contributed by atoms with Crippen LogP contribution in [0.15, 0.2) is 30.6 Å². The van der Waals surface area contributed by atoms with Crippen LogP contribution in [-0.2, 0) is 6.54 Å². The van der Waals surface area contributed by atoms with Crippen molar-refractivity contribution < 1.29 is 4.79 Å². The van der Waals surface area contributed by atoms with Crippen LogP contribution in [0, 0.1) is 27.7 Å². The number of hydrogen-bond acceptors (Lipinski definition) is 3. The molecule has 130 valence electrons. The fraction of sp³-hybridized carbons (Fsp3) is 0.350. The molecule has 0 fully saturated rings. The number of pyridine rings is 1. The van der Waals surface area contributed by atoms with Gasteiger partial charge in [0, 0.05) is 36.6 Å². The van der Waals surface area contributed by atoms with Crippen molar-refractivity contribution in [1.29, 1.82) is 0 Å². The van der Waals surface area contributed by atoms with E-state index in [0.717, 1.165) is 52.1 Å². The Labute approximate surface area is 148 Å². The second-order valence-corrected chi connectivity index (χ2v) is 6.50. The van der Waals surface area contributed by atoms with Crippen LogP contribution in [0.4, 0.5) is 0 Å². The molecule has 0 spiro atoms. The van der Waals surface area contributed by atoms with Crippen molar-refractivity contribution in [3.05, 3.63) is 58.8 Å². The summed E-state index contributed by atoms with van der Waals surface area (Å²) in [6.45, 7) is 9.41. The summed E-state index contributed by atoms with van der Waals surface area (Å²) >= 11 is 0. The van der Waals surface area contributed by atoms with E-state index in [1.165, 1.54) is 0 Å². The first-order chi connectivity index (χ1) is 12.0. The minimum atomic E-state index is -0.0269. The lowest BCUT2D eigenvalue weighted by atomic mass is 9.99. The number of hydrogen-bond donors (Lipinski definition) is 1. The van der Waals surface area contributed by atoms with Crippen LogP contribution >= 0.6 is 0 Å². The molecule has 0 atom stereocenters. The molecule has 1 aromatic carbocycles. The van der Waals surface area contributed by atoms with Gasteiger partial charge in [0.1, 0.15) is 5.82 Å². The molecule has 0 saturated heterocycles. The van der Waals surface area contributed by atoms with Gasteiger partial charge in [0.05, 0.1) is 11.1 Å². The number of fused-ring (bicyclic) bond motifs is 1. The number of amides is 1. The Bertz CT molecular complexity index is 927. The van der Waals surface area contributed by atoms with Crippen molar-refractivity contribution in [1.82, 2.24) is 19.9 Å². The highest BCUT2D eigenvalue weighted by molar-refractivity contribution is 6.07. The van der Waals surface area contributed by atoms with Gasteiger partial charge >= 0.3 is 0 Å². The Morgan fingerprint density at radius 1 is 1.20 bits per heavy atom. The van der Waals surface area contributed by atoms with Gasteiger partial charge in [-0.3, -0.25) is 9.78 Å². The van der Waals surface area contributed by atoms with Crippen LogP contribution in [-0.4, -0.2) is 27.0 Å². The van der Waals surface area contributed by atoms with Gasteiger partial charge in [0.15, 0.2) is 0 Å². The topological polar surface area (TPSA) is 59.8 Å². The van der Waals surface area contributed by atoms with Crippen molar-refractivity contribution in [3.63, 3.8) is 0 Å².